The van der Waals surface area contributed by atoms with Crippen LogP contribution in [0.3, 0.4) is 0 Å². The van der Waals surface area contributed by atoms with Gasteiger partial charge < -0.3 is 14.8 Å². The lowest BCUT2D eigenvalue weighted by Gasteiger charge is -2.24. The molecule has 7 nitrogen and oxygen atoms in total. The van der Waals surface area contributed by atoms with Crippen LogP contribution in [0.2, 0.25) is 0 Å². The molecule has 1 amide bonds. The predicted octanol–water partition coefficient (Wildman–Crippen LogP) is 3.83. The monoisotopic (exact) mass is 418 g/mol. The first-order chi connectivity index (χ1) is 14.3. The first kappa shape index (κ1) is 19.9. The van der Waals surface area contributed by atoms with Crippen LogP contribution in [0.25, 0.3) is 0 Å². The summed E-state index contributed by atoms with van der Waals surface area (Å²) in [5, 5.41) is 10.3. The largest absolute Gasteiger partial charge is 0.497 e. The number of nitrogens with one attached hydrogen (secondary N) is 1. The van der Waals surface area contributed by atoms with Gasteiger partial charge in [0.25, 0.3) is 5.91 Å². The number of benzene rings is 2. The molecule has 1 N–H and O–H groups in total. The van der Waals surface area contributed by atoms with Crippen LogP contribution >= 0.6 is 0 Å². The molecule has 156 valence electrons. The molecule has 3 aromatic rings. The lowest BCUT2D eigenvalue weighted by Crippen LogP contribution is -2.24. The molecule has 0 bridgehead atoms. The molecule has 2 aromatic carbocycles. The Kier molecular flexibility index (Phi) is 5.17. The van der Waals surface area contributed by atoms with Crippen LogP contribution in [0.15, 0.2) is 48.5 Å². The number of halogens is 3. The van der Waals surface area contributed by atoms with E-state index in [-0.39, 0.29) is 24.1 Å². The zero-order valence-corrected chi connectivity index (χ0v) is 15.8. The number of alkyl halides is 3. The van der Waals surface area contributed by atoms with Crippen LogP contribution in [0.5, 0.6) is 5.75 Å². The topological polar surface area (TPSA) is 78.3 Å². The summed E-state index contributed by atoms with van der Waals surface area (Å²) in [6, 6.07) is 11.8. The molecule has 0 fully saturated rings. The highest BCUT2D eigenvalue weighted by Gasteiger charge is 2.31. The minimum absolute atomic E-state index is 0.0144. The van der Waals surface area contributed by atoms with E-state index >= 15 is 0 Å². The highest BCUT2D eigenvalue weighted by molar-refractivity contribution is 6.03. The summed E-state index contributed by atoms with van der Waals surface area (Å²) in [7, 11) is 1.58. The summed E-state index contributed by atoms with van der Waals surface area (Å²) in [5.74, 6) is 0.0756. The van der Waals surface area contributed by atoms with E-state index in [1.54, 1.807) is 11.8 Å². The first-order valence-electron chi connectivity index (χ1n) is 9.01. The maximum Gasteiger partial charge on any atom is 0.416 e. The third-order valence-corrected chi connectivity index (χ3v) is 4.75. The maximum absolute atomic E-state index is 12.9. The van der Waals surface area contributed by atoms with Crippen molar-refractivity contribution in [2.75, 3.05) is 12.4 Å². The van der Waals surface area contributed by atoms with Gasteiger partial charge >= 0.3 is 6.18 Å². The maximum atomic E-state index is 12.9. The summed E-state index contributed by atoms with van der Waals surface area (Å²) in [4.78, 5) is 12.6. The smallest absolute Gasteiger partial charge is 0.416 e. The Morgan fingerprint density at radius 3 is 2.70 bits per heavy atom. The van der Waals surface area contributed by atoms with Crippen molar-refractivity contribution in [2.24, 2.45) is 0 Å². The van der Waals surface area contributed by atoms with Crippen molar-refractivity contribution in [1.82, 2.24) is 15.0 Å². The fourth-order valence-corrected chi connectivity index (χ4v) is 3.17. The Morgan fingerprint density at radius 2 is 2.00 bits per heavy atom. The molecule has 30 heavy (non-hydrogen) atoms. The second-order valence-electron chi connectivity index (χ2n) is 6.67. The van der Waals surface area contributed by atoms with Gasteiger partial charge in [0.15, 0.2) is 5.69 Å². The predicted molar refractivity (Wildman–Crippen MR) is 99.9 cm³/mol. The van der Waals surface area contributed by atoms with Crippen molar-refractivity contribution in [3.63, 3.8) is 0 Å². The normalized spacial score (nSPS) is 16.1. The molecule has 0 spiro atoms. The van der Waals surface area contributed by atoms with Gasteiger partial charge in [-0.05, 0) is 35.9 Å². The van der Waals surface area contributed by atoms with Crippen LogP contribution in [0.1, 0.15) is 33.4 Å². The molecule has 2 heterocycles. The van der Waals surface area contributed by atoms with Gasteiger partial charge in [-0.25, -0.2) is 4.68 Å². The summed E-state index contributed by atoms with van der Waals surface area (Å²) in [5.41, 5.74) is 0.567. The van der Waals surface area contributed by atoms with Crippen LogP contribution in [-0.4, -0.2) is 28.0 Å². The third-order valence-electron chi connectivity index (χ3n) is 4.75. The molecule has 1 aromatic heterocycles. The SMILES string of the molecule is COc1ccc(C2Cn3nnc(C(=O)Nc4cccc(C(F)(F)F)c4)c3CO2)cc1. The van der Waals surface area contributed by atoms with Crippen molar-refractivity contribution >= 4 is 11.6 Å². The van der Waals surface area contributed by atoms with Gasteiger partial charge in [0, 0.05) is 5.69 Å². The fraction of sp³-hybridized carbons (Fsp3) is 0.250. The molecule has 1 unspecified atom stereocenters. The molecule has 1 aliphatic heterocycles. The van der Waals surface area contributed by atoms with Gasteiger partial charge in [-0.1, -0.05) is 23.4 Å². The lowest BCUT2D eigenvalue weighted by molar-refractivity contribution is -0.137. The third kappa shape index (κ3) is 3.99. The van der Waals surface area contributed by atoms with E-state index in [2.05, 4.69) is 15.6 Å². The number of hydrogen-bond acceptors (Lipinski definition) is 5. The standard InChI is InChI=1S/C20H17F3N4O3/c1-29-15-7-5-12(6-8-15)17-10-27-16(11-30-17)18(25-26-27)19(28)24-14-4-2-3-13(9-14)20(21,22)23/h2-9,17H,10-11H2,1H3,(H,24,28). The molecule has 0 aliphatic carbocycles. The Morgan fingerprint density at radius 1 is 1.23 bits per heavy atom. The molecule has 10 heteroatoms. The molecule has 1 atom stereocenters. The Labute approximate surface area is 169 Å². The number of fused-ring (bicyclic) bond motifs is 1. The number of aromatic nitrogens is 3. The summed E-state index contributed by atoms with van der Waals surface area (Å²) < 4.78 is 51.2. The highest BCUT2D eigenvalue weighted by Crippen LogP contribution is 2.31. The number of nitrogens with zero attached hydrogens (tertiary/aromatic N) is 3. The van der Waals surface area contributed by atoms with Crippen molar-refractivity contribution in [1.29, 1.82) is 0 Å². The van der Waals surface area contributed by atoms with E-state index < -0.39 is 17.6 Å². The molecular formula is C20H17F3N4O3. The molecule has 1 aliphatic rings. The van der Waals surface area contributed by atoms with Crippen molar-refractivity contribution in [3.05, 3.63) is 71.0 Å². The van der Waals surface area contributed by atoms with E-state index in [9.17, 15) is 18.0 Å². The van der Waals surface area contributed by atoms with Crippen molar-refractivity contribution in [2.45, 2.75) is 25.4 Å². The number of anilines is 1. The van der Waals surface area contributed by atoms with Crippen molar-refractivity contribution < 1.29 is 27.4 Å². The lowest BCUT2D eigenvalue weighted by atomic mass is 10.1. The molecule has 4 rings (SSSR count). The minimum Gasteiger partial charge on any atom is -0.497 e. The Hall–Kier alpha value is -3.40. The summed E-state index contributed by atoms with van der Waals surface area (Å²) in [6.45, 7) is 0.445. The molecule has 0 radical (unpaired) electrons. The van der Waals surface area contributed by atoms with Crippen LogP contribution < -0.4 is 10.1 Å². The summed E-state index contributed by atoms with van der Waals surface area (Å²) in [6.07, 6.45) is -4.77. The Balaban J connectivity index is 1.49. The minimum atomic E-state index is -4.50. The molecule has 0 saturated carbocycles. The number of ether oxygens (including phenoxy) is 2. The fourth-order valence-electron chi connectivity index (χ4n) is 3.17. The summed E-state index contributed by atoms with van der Waals surface area (Å²) >= 11 is 0. The molecular weight excluding hydrogens is 401 g/mol. The number of amides is 1. The van der Waals surface area contributed by atoms with Gasteiger partial charge in [0.1, 0.15) is 11.9 Å². The van der Waals surface area contributed by atoms with Gasteiger partial charge in [-0.2, -0.15) is 13.2 Å². The van der Waals surface area contributed by atoms with Crippen LogP contribution in [0.4, 0.5) is 18.9 Å². The van der Waals surface area contributed by atoms with Crippen molar-refractivity contribution in [3.8, 4) is 5.75 Å². The zero-order chi connectivity index (χ0) is 21.3. The quantitative estimate of drug-likeness (QED) is 0.697. The van der Waals surface area contributed by atoms with Gasteiger partial charge in [0.05, 0.1) is 31.5 Å². The Bertz CT molecular complexity index is 1060. The molecule has 0 saturated heterocycles. The van der Waals surface area contributed by atoms with E-state index in [0.29, 0.717) is 12.2 Å². The number of carbonyl (C=O) groups is 1. The van der Waals surface area contributed by atoms with E-state index in [1.807, 2.05) is 24.3 Å². The number of methoxy groups -OCH3 is 1. The van der Waals surface area contributed by atoms with Crippen LogP contribution in [-0.2, 0) is 24.1 Å². The van der Waals surface area contributed by atoms with E-state index in [4.69, 9.17) is 9.47 Å². The van der Waals surface area contributed by atoms with Crippen LogP contribution in [0, 0.1) is 0 Å². The van der Waals surface area contributed by atoms with Gasteiger partial charge in [-0.15, -0.1) is 5.10 Å². The number of rotatable bonds is 4. The van der Waals surface area contributed by atoms with Gasteiger partial charge in [-0.3, -0.25) is 4.79 Å². The number of carbonyl (C=O) groups excluding carboxylic acids is 1. The number of hydrogen-bond donors (Lipinski definition) is 1. The first-order valence-corrected chi connectivity index (χ1v) is 9.01. The average molecular weight is 418 g/mol. The zero-order valence-electron chi connectivity index (χ0n) is 15.8. The van der Waals surface area contributed by atoms with E-state index in [0.717, 1.165) is 23.4 Å². The second-order valence-corrected chi connectivity index (χ2v) is 6.67. The van der Waals surface area contributed by atoms with Gasteiger partial charge in [0.2, 0.25) is 0 Å². The average Bonchev–Trinajstić information content (AvgIpc) is 3.17. The van der Waals surface area contributed by atoms with E-state index in [1.165, 1.54) is 12.1 Å². The highest BCUT2D eigenvalue weighted by atomic mass is 19.4. The second kappa shape index (κ2) is 7.79.